The Kier molecular flexibility index (Phi) is 7.18. The van der Waals surface area contributed by atoms with Gasteiger partial charge < -0.3 is 4.90 Å². The smallest absolute Gasteiger partial charge is 0.0543 e. The Hall–Kier alpha value is -6.22. The van der Waals surface area contributed by atoms with Gasteiger partial charge in [0.25, 0.3) is 0 Å². The minimum atomic E-state index is -0.112. The molecule has 1 heterocycles. The highest BCUT2D eigenvalue weighted by atomic mass is 32.1. The summed E-state index contributed by atoms with van der Waals surface area (Å²) < 4.78 is 2.65. The van der Waals surface area contributed by atoms with Crippen molar-refractivity contribution in [1.82, 2.24) is 0 Å². The molecule has 0 atom stereocenters. The van der Waals surface area contributed by atoms with Crippen molar-refractivity contribution in [3.63, 3.8) is 0 Å². The summed E-state index contributed by atoms with van der Waals surface area (Å²) in [7, 11) is 0. The van der Waals surface area contributed by atoms with E-state index in [0.29, 0.717) is 0 Å². The van der Waals surface area contributed by atoms with Crippen LogP contribution in [-0.2, 0) is 10.8 Å². The number of anilines is 3. The van der Waals surface area contributed by atoms with Crippen molar-refractivity contribution in [3.8, 4) is 44.5 Å². The molecule has 0 fully saturated rings. The first-order valence-electron chi connectivity index (χ1n) is 19.7. The normalized spacial score (nSPS) is 14.4. The highest BCUT2D eigenvalue weighted by molar-refractivity contribution is 7.25. The molecule has 0 aliphatic heterocycles. The molecule has 0 N–H and O–H groups in total. The van der Waals surface area contributed by atoms with Gasteiger partial charge in [-0.15, -0.1) is 11.3 Å². The van der Waals surface area contributed by atoms with Gasteiger partial charge in [-0.25, -0.2) is 0 Å². The highest BCUT2D eigenvalue weighted by Crippen LogP contribution is 2.56. The Morgan fingerprint density at radius 3 is 1.77 bits per heavy atom. The lowest BCUT2D eigenvalue weighted by molar-refractivity contribution is 0.660. The van der Waals surface area contributed by atoms with Gasteiger partial charge in [0.15, 0.2) is 0 Å². The first-order valence-corrected chi connectivity index (χ1v) is 20.5. The van der Waals surface area contributed by atoms with Crippen molar-refractivity contribution in [2.75, 3.05) is 4.90 Å². The predicted molar refractivity (Wildman–Crippen MR) is 240 cm³/mol. The van der Waals surface area contributed by atoms with Crippen LogP contribution in [0.2, 0.25) is 0 Å². The quantitative estimate of drug-likeness (QED) is 0.170. The van der Waals surface area contributed by atoms with E-state index < -0.39 is 0 Å². The lowest BCUT2D eigenvalue weighted by Crippen LogP contribution is -2.16. The maximum Gasteiger partial charge on any atom is 0.0543 e. The molecule has 2 aliphatic rings. The number of hydrogen-bond donors (Lipinski definition) is 0. The molecule has 0 spiro atoms. The van der Waals surface area contributed by atoms with E-state index in [0.717, 1.165) is 11.4 Å². The van der Waals surface area contributed by atoms with Crippen LogP contribution in [0.3, 0.4) is 0 Å². The van der Waals surface area contributed by atoms with E-state index in [9.17, 15) is 0 Å². The fourth-order valence-electron chi connectivity index (χ4n) is 9.94. The van der Waals surface area contributed by atoms with Crippen LogP contribution < -0.4 is 4.90 Å². The zero-order valence-electron chi connectivity index (χ0n) is 32.1. The predicted octanol–water partition coefficient (Wildman–Crippen LogP) is 15.5. The average molecular weight is 736 g/mol. The van der Waals surface area contributed by atoms with Gasteiger partial charge in [0.2, 0.25) is 0 Å². The third-order valence-corrected chi connectivity index (χ3v) is 13.8. The first-order chi connectivity index (χ1) is 27.3. The van der Waals surface area contributed by atoms with Gasteiger partial charge in [0.1, 0.15) is 0 Å². The fraction of sp³-hybridized carbons (Fsp3) is 0.111. The second-order valence-electron chi connectivity index (χ2n) is 16.5. The van der Waals surface area contributed by atoms with Crippen LogP contribution >= 0.6 is 11.3 Å². The average Bonchev–Trinajstić information content (AvgIpc) is 3.81. The van der Waals surface area contributed by atoms with E-state index in [1.807, 2.05) is 11.3 Å². The summed E-state index contributed by atoms with van der Waals surface area (Å²) in [4.78, 5) is 2.52. The van der Waals surface area contributed by atoms with Crippen molar-refractivity contribution >= 4 is 48.6 Å². The number of nitrogens with zero attached hydrogens (tertiary/aromatic N) is 1. The molecular weight excluding hydrogens is 695 g/mol. The van der Waals surface area contributed by atoms with Crippen LogP contribution in [0.5, 0.6) is 0 Å². The zero-order valence-corrected chi connectivity index (χ0v) is 32.9. The molecule has 8 aromatic carbocycles. The van der Waals surface area contributed by atoms with Crippen molar-refractivity contribution in [3.05, 3.63) is 198 Å². The second-order valence-corrected chi connectivity index (χ2v) is 17.6. The largest absolute Gasteiger partial charge is 0.309 e. The number of thiophene rings is 1. The molecule has 0 saturated carbocycles. The molecule has 0 bridgehead atoms. The van der Waals surface area contributed by atoms with Crippen molar-refractivity contribution in [2.45, 2.75) is 38.5 Å². The molecule has 1 aromatic heterocycles. The lowest BCUT2D eigenvalue weighted by atomic mass is 9.82. The first kappa shape index (κ1) is 33.1. The number of rotatable bonds is 5. The summed E-state index contributed by atoms with van der Waals surface area (Å²) in [6, 6.07) is 65.8. The molecule has 2 aliphatic carbocycles. The van der Waals surface area contributed by atoms with Gasteiger partial charge in [-0.05, 0) is 98.1 Å². The molecule has 268 valence electrons. The van der Waals surface area contributed by atoms with Crippen LogP contribution in [0, 0.1) is 0 Å². The Balaban J connectivity index is 1.13. The monoisotopic (exact) mass is 735 g/mol. The topological polar surface area (TPSA) is 3.24 Å². The number of fused-ring (bicyclic) bond motifs is 9. The van der Waals surface area contributed by atoms with E-state index in [2.05, 4.69) is 209 Å². The van der Waals surface area contributed by atoms with Gasteiger partial charge >= 0.3 is 0 Å². The highest BCUT2D eigenvalue weighted by Gasteiger charge is 2.38. The third-order valence-electron chi connectivity index (χ3n) is 12.7. The molecule has 0 saturated heterocycles. The lowest BCUT2D eigenvalue weighted by Gasteiger charge is -2.31. The molecule has 0 amide bonds. The molecule has 0 unspecified atom stereocenters. The van der Waals surface area contributed by atoms with Crippen molar-refractivity contribution in [2.24, 2.45) is 0 Å². The number of hydrogen-bond acceptors (Lipinski definition) is 2. The van der Waals surface area contributed by atoms with E-state index in [4.69, 9.17) is 0 Å². The Morgan fingerprint density at radius 2 is 0.946 bits per heavy atom. The van der Waals surface area contributed by atoms with Crippen LogP contribution in [0.25, 0.3) is 64.7 Å². The summed E-state index contributed by atoms with van der Waals surface area (Å²) >= 11 is 1.87. The summed E-state index contributed by atoms with van der Waals surface area (Å²) in [6.45, 7) is 9.45. The summed E-state index contributed by atoms with van der Waals surface area (Å²) in [5, 5.41) is 2.66. The van der Waals surface area contributed by atoms with E-state index in [1.165, 1.54) is 92.6 Å². The molecule has 1 nitrogen and oxygen atoms in total. The van der Waals surface area contributed by atoms with Crippen LogP contribution in [0.4, 0.5) is 17.1 Å². The Morgan fingerprint density at radius 1 is 0.393 bits per heavy atom. The van der Waals surface area contributed by atoms with Crippen LogP contribution in [0.1, 0.15) is 49.9 Å². The molecular formula is C54H41NS. The maximum atomic E-state index is 2.52. The third kappa shape index (κ3) is 4.72. The number of para-hydroxylation sites is 1. The molecule has 0 radical (unpaired) electrons. The van der Waals surface area contributed by atoms with Gasteiger partial charge in [-0.2, -0.15) is 0 Å². The van der Waals surface area contributed by atoms with Crippen LogP contribution in [0.15, 0.2) is 176 Å². The summed E-state index contributed by atoms with van der Waals surface area (Å²) in [5.74, 6) is 0. The van der Waals surface area contributed by atoms with E-state index in [-0.39, 0.29) is 10.8 Å². The van der Waals surface area contributed by atoms with Crippen LogP contribution in [-0.4, -0.2) is 0 Å². The Labute approximate surface area is 333 Å². The molecule has 9 aromatic rings. The molecule has 2 heteroatoms. The van der Waals surface area contributed by atoms with Crippen molar-refractivity contribution in [1.29, 1.82) is 0 Å². The second kappa shape index (κ2) is 12.1. The number of benzene rings is 8. The standard InChI is InChI=1S/C54H41NS/c1-53(2)43-20-9-5-16-39(43)42-33-35(29-32-45(42)53)37-15-7-11-23-47(37)55(48-24-14-22-46-52(48)40-17-6-10-21-44(40)54(46,3)4)36-30-27-34(28-31-36)38-19-13-26-50-51(38)41-18-8-12-25-49(41)56-50/h5-33H,1-4H3. The minimum absolute atomic E-state index is 0.0395. The van der Waals surface area contributed by atoms with Gasteiger partial charge in [0.05, 0.1) is 11.4 Å². The minimum Gasteiger partial charge on any atom is -0.309 e. The molecule has 56 heavy (non-hydrogen) atoms. The molecule has 11 rings (SSSR count). The SMILES string of the molecule is CC1(C)c2ccccc2-c2cc(-c3ccccc3N(c3ccc(-c4cccc5sc6ccccc6c45)cc3)c3cccc4c3-c3ccccc3C4(C)C)ccc21. The van der Waals surface area contributed by atoms with E-state index in [1.54, 1.807) is 0 Å². The van der Waals surface area contributed by atoms with Gasteiger partial charge in [-0.1, -0.05) is 161 Å². The van der Waals surface area contributed by atoms with Gasteiger partial charge in [-0.3, -0.25) is 0 Å². The summed E-state index contributed by atoms with van der Waals surface area (Å²) in [6.07, 6.45) is 0. The van der Waals surface area contributed by atoms with Gasteiger partial charge in [0, 0.05) is 47.8 Å². The fourth-order valence-corrected chi connectivity index (χ4v) is 11.1. The van der Waals surface area contributed by atoms with Crippen molar-refractivity contribution < 1.29 is 0 Å². The Bertz CT molecular complexity index is 3030. The maximum absolute atomic E-state index is 2.52. The zero-order chi connectivity index (χ0) is 37.8. The van der Waals surface area contributed by atoms with E-state index >= 15 is 0 Å². The summed E-state index contributed by atoms with van der Waals surface area (Å²) in [5.41, 5.74) is 19.1.